The molecule has 0 radical (unpaired) electrons. The Morgan fingerprint density at radius 1 is 1.32 bits per heavy atom. The van der Waals surface area contributed by atoms with Gasteiger partial charge in [-0.05, 0) is 19.1 Å². The number of aliphatic hydroxyl groups excluding tert-OH is 1. The molecule has 0 aliphatic rings. The van der Waals surface area contributed by atoms with Crippen LogP contribution in [0, 0.1) is 0 Å². The van der Waals surface area contributed by atoms with Gasteiger partial charge in [0.25, 0.3) is 0 Å². The number of isothiocyanates is 2. The number of rotatable bonds is 6. The maximum Gasteiger partial charge on any atom is 2.00 e. The molecule has 0 saturated carbocycles. The largest absolute Gasteiger partial charge is 2.00 e. The van der Waals surface area contributed by atoms with Crippen LogP contribution in [0.2, 0.25) is 0 Å². The molecule has 1 aromatic rings. The van der Waals surface area contributed by atoms with Crippen molar-refractivity contribution in [3.05, 3.63) is 40.9 Å². The van der Waals surface area contributed by atoms with E-state index in [0.29, 0.717) is 13.1 Å². The van der Waals surface area contributed by atoms with Crippen LogP contribution >= 0.6 is 24.4 Å². The molecule has 0 spiro atoms. The normalized spacial score (nSPS) is 8.73. The van der Waals surface area contributed by atoms with E-state index in [2.05, 4.69) is 39.7 Å². The number of thiocarbonyl (C=S) groups is 2. The number of nitrogens with one attached hydrogen (secondary N) is 1. The molecule has 0 atom stereocenters. The van der Waals surface area contributed by atoms with Crippen LogP contribution in [0.15, 0.2) is 29.4 Å². The van der Waals surface area contributed by atoms with Crippen molar-refractivity contribution in [3.63, 3.8) is 0 Å². The van der Waals surface area contributed by atoms with Gasteiger partial charge in [0.2, 0.25) is 0 Å². The van der Waals surface area contributed by atoms with Crippen LogP contribution in [0.5, 0.6) is 0 Å². The fourth-order valence-corrected chi connectivity index (χ4v) is 1.16. The van der Waals surface area contributed by atoms with Crippen molar-refractivity contribution in [2.45, 2.75) is 6.92 Å². The Kier molecular flexibility index (Phi) is 26.2. The fraction of sp³-hybridized carbons (Fsp3) is 0.385. The van der Waals surface area contributed by atoms with Gasteiger partial charge in [-0.15, -0.1) is 0 Å². The molecule has 6 nitrogen and oxygen atoms in total. The third kappa shape index (κ3) is 19.0. The summed E-state index contributed by atoms with van der Waals surface area (Å²) in [5.41, 5.74) is 1.86. The van der Waals surface area contributed by atoms with Gasteiger partial charge in [-0.1, -0.05) is 30.5 Å². The molecule has 2 N–H and O–H groups in total. The number of aromatic nitrogens is 1. The van der Waals surface area contributed by atoms with Crippen LogP contribution in [-0.2, 0) is 19.5 Å². The van der Waals surface area contributed by atoms with Crippen molar-refractivity contribution >= 4 is 40.5 Å². The van der Waals surface area contributed by atoms with Crippen LogP contribution in [0.4, 0.5) is 0 Å². The third-order valence-corrected chi connectivity index (χ3v) is 1.96. The van der Waals surface area contributed by atoms with Gasteiger partial charge in [-0.2, -0.15) is 10.3 Å². The van der Waals surface area contributed by atoms with Crippen molar-refractivity contribution in [2.75, 3.05) is 26.2 Å². The summed E-state index contributed by atoms with van der Waals surface area (Å²) in [5.74, 6) is 0. The van der Waals surface area contributed by atoms with E-state index in [1.807, 2.05) is 25.1 Å². The van der Waals surface area contributed by atoms with Crippen LogP contribution in [-0.4, -0.2) is 52.4 Å². The van der Waals surface area contributed by atoms with E-state index in [-0.39, 0.29) is 26.1 Å². The number of pyridine rings is 1. The smallest absolute Gasteiger partial charge is 0.753 e. The zero-order valence-electron chi connectivity index (χ0n) is 12.4. The molecule has 0 unspecified atom stereocenters. The van der Waals surface area contributed by atoms with Crippen molar-refractivity contribution in [2.24, 2.45) is 4.99 Å². The topological polar surface area (TPSA) is 102 Å². The summed E-state index contributed by atoms with van der Waals surface area (Å²) in [5, 5.41) is 28.5. The number of hydrogen-bond donors (Lipinski definition) is 2. The first-order valence-electron chi connectivity index (χ1n) is 5.94. The standard InChI is InChI=1S/C11H17N3O.2CNS.Zn/c1-10(11-4-2-3-5-14-11)13-7-6-12-8-9-15;2*2-1-3;/h2-5,12,15H,6-9H2,1H3;;;/q;2*-1;+2. The van der Waals surface area contributed by atoms with Gasteiger partial charge in [0.15, 0.2) is 0 Å². The number of aliphatic hydroxyl groups is 1. The van der Waals surface area contributed by atoms with Crippen molar-refractivity contribution in [1.29, 1.82) is 0 Å². The molecule has 1 rings (SSSR count). The van der Waals surface area contributed by atoms with E-state index in [9.17, 15) is 0 Å². The second-order valence-electron chi connectivity index (χ2n) is 3.34. The Bertz CT molecular complexity index is 447. The minimum Gasteiger partial charge on any atom is -0.753 e. The van der Waals surface area contributed by atoms with Gasteiger partial charge in [0, 0.05) is 19.3 Å². The first-order valence-corrected chi connectivity index (χ1v) is 6.76. The summed E-state index contributed by atoms with van der Waals surface area (Å²) in [6, 6.07) is 5.78. The number of aliphatic imine (C=N–C) groups is 1. The van der Waals surface area contributed by atoms with Crippen LogP contribution in [0.1, 0.15) is 12.6 Å². The fourth-order valence-electron chi connectivity index (χ4n) is 1.16. The summed E-state index contributed by atoms with van der Waals surface area (Å²) in [6.07, 6.45) is 1.76. The van der Waals surface area contributed by atoms with Gasteiger partial charge >= 0.3 is 19.5 Å². The SMILES string of the molecule is CC(=NCCNCCO)c1ccccn1.[N-]=C=S.[N-]=C=S.[Zn+2]. The van der Waals surface area contributed by atoms with E-state index in [1.165, 1.54) is 10.3 Å². The first-order chi connectivity index (χ1) is 10.2. The van der Waals surface area contributed by atoms with E-state index in [1.54, 1.807) is 6.20 Å². The molecule has 0 aliphatic heterocycles. The molecule has 0 aromatic carbocycles. The molecule has 1 heterocycles. The Morgan fingerprint density at radius 3 is 2.36 bits per heavy atom. The molecule has 1 aromatic heterocycles. The molecule has 114 valence electrons. The summed E-state index contributed by atoms with van der Waals surface area (Å²) in [6.45, 7) is 4.24. The monoisotopic (exact) mass is 387 g/mol. The minimum absolute atomic E-state index is 0. The van der Waals surface area contributed by atoms with Gasteiger partial charge in [0.1, 0.15) is 0 Å². The Balaban J connectivity index is -0.000000447. The van der Waals surface area contributed by atoms with Crippen LogP contribution in [0.3, 0.4) is 0 Å². The van der Waals surface area contributed by atoms with E-state index >= 15 is 0 Å². The average molecular weight is 389 g/mol. The molecule has 22 heavy (non-hydrogen) atoms. The van der Waals surface area contributed by atoms with Crippen molar-refractivity contribution in [3.8, 4) is 0 Å². The molecule has 0 fully saturated rings. The zero-order valence-corrected chi connectivity index (χ0v) is 17.0. The van der Waals surface area contributed by atoms with Gasteiger partial charge in [-0.3, -0.25) is 9.98 Å². The second-order valence-corrected chi connectivity index (χ2v) is 3.70. The molecule has 9 heteroatoms. The number of hydrogen-bond acceptors (Lipinski definition) is 6. The third-order valence-electron chi connectivity index (χ3n) is 1.96. The zero-order chi connectivity index (χ0) is 16.3. The first kappa shape index (κ1) is 25.9. The summed E-state index contributed by atoms with van der Waals surface area (Å²) in [4.78, 5) is 8.58. The molecule has 0 amide bonds. The Hall–Kier alpha value is -1.04. The predicted molar refractivity (Wildman–Crippen MR) is 93.2 cm³/mol. The van der Waals surface area contributed by atoms with Gasteiger partial charge in [-0.25, -0.2) is 0 Å². The number of nitrogens with zero attached hydrogens (tertiary/aromatic N) is 4. The van der Waals surface area contributed by atoms with Crippen LogP contribution < -0.4 is 5.32 Å². The predicted octanol–water partition coefficient (Wildman–Crippen LogP) is 1.79. The summed E-state index contributed by atoms with van der Waals surface area (Å²) in [7, 11) is 0. The van der Waals surface area contributed by atoms with Crippen LogP contribution in [0.25, 0.3) is 10.8 Å². The summed E-state index contributed by atoms with van der Waals surface area (Å²) >= 11 is 7.40. The molecule has 0 aliphatic carbocycles. The molecule has 0 bridgehead atoms. The van der Waals surface area contributed by atoms with Gasteiger partial charge < -0.3 is 21.2 Å². The van der Waals surface area contributed by atoms with Gasteiger partial charge in [0.05, 0.1) is 24.6 Å². The average Bonchev–Trinajstić information content (AvgIpc) is 2.49. The van der Waals surface area contributed by atoms with E-state index in [4.69, 9.17) is 15.9 Å². The second kappa shape index (κ2) is 22.2. The Labute approximate surface area is 154 Å². The van der Waals surface area contributed by atoms with Crippen molar-refractivity contribution < 1.29 is 24.6 Å². The molecular formula is C13H17N5OS2Zn. The van der Waals surface area contributed by atoms with E-state index < -0.39 is 0 Å². The quantitative estimate of drug-likeness (QED) is 0.335. The van der Waals surface area contributed by atoms with Crippen molar-refractivity contribution in [1.82, 2.24) is 10.3 Å². The minimum atomic E-state index is 0. The molecular weight excluding hydrogens is 372 g/mol. The maximum atomic E-state index is 8.54. The Morgan fingerprint density at radius 2 is 1.91 bits per heavy atom. The van der Waals surface area contributed by atoms with E-state index in [0.717, 1.165) is 18.0 Å². The summed E-state index contributed by atoms with van der Waals surface area (Å²) < 4.78 is 0. The molecule has 0 saturated heterocycles. The maximum absolute atomic E-state index is 8.54.